The predicted octanol–water partition coefficient (Wildman–Crippen LogP) is 2.71. The normalized spacial score (nSPS) is 10.9. The molecule has 0 saturated heterocycles. The number of halogens is 1. The fourth-order valence-corrected chi connectivity index (χ4v) is 3.87. The third-order valence-electron chi connectivity index (χ3n) is 4.07. The van der Waals surface area contributed by atoms with Crippen LogP contribution in [0, 0.1) is 25.2 Å². The average molecular weight is 450 g/mol. The minimum absolute atomic E-state index is 0.0988. The highest BCUT2D eigenvalue weighted by Crippen LogP contribution is 2.22. The van der Waals surface area contributed by atoms with Gasteiger partial charge in [-0.2, -0.15) is 5.26 Å². The maximum Gasteiger partial charge on any atom is 0.338 e. The van der Waals surface area contributed by atoms with E-state index in [2.05, 4.69) is 0 Å². The first-order chi connectivity index (χ1) is 14.0. The van der Waals surface area contributed by atoms with Gasteiger partial charge in [0, 0.05) is 12.2 Å². The molecular formula is C20H20ClN3O5S. The van der Waals surface area contributed by atoms with Crippen LogP contribution in [-0.2, 0) is 19.6 Å². The molecule has 2 N–H and O–H groups in total. The van der Waals surface area contributed by atoms with Crippen LogP contribution < -0.4 is 10.0 Å². The molecule has 0 unspecified atom stereocenters. The number of nitrogens with two attached hydrogens (primary N) is 1. The topological polar surface area (TPSA) is 131 Å². The van der Waals surface area contributed by atoms with Gasteiger partial charge >= 0.3 is 5.97 Å². The molecule has 10 heteroatoms. The molecular weight excluding hydrogens is 430 g/mol. The second-order valence-electron chi connectivity index (χ2n) is 6.57. The Morgan fingerprint density at radius 1 is 1.17 bits per heavy atom. The van der Waals surface area contributed by atoms with Gasteiger partial charge in [-0.25, -0.2) is 18.4 Å². The summed E-state index contributed by atoms with van der Waals surface area (Å²) in [5.74, 6) is -1.44. The zero-order chi connectivity index (χ0) is 22.5. The predicted molar refractivity (Wildman–Crippen MR) is 112 cm³/mol. The Morgan fingerprint density at radius 2 is 1.80 bits per heavy atom. The Morgan fingerprint density at radius 3 is 2.37 bits per heavy atom. The number of carbonyl (C=O) groups is 2. The number of nitrogens with zero attached hydrogens (tertiary/aromatic N) is 2. The van der Waals surface area contributed by atoms with Crippen LogP contribution in [0.3, 0.4) is 0 Å². The monoisotopic (exact) mass is 449 g/mol. The number of anilines is 1. The highest BCUT2D eigenvalue weighted by atomic mass is 35.5. The van der Waals surface area contributed by atoms with Gasteiger partial charge in [0.05, 0.1) is 23.1 Å². The van der Waals surface area contributed by atoms with Crippen LogP contribution in [0.15, 0.2) is 41.3 Å². The van der Waals surface area contributed by atoms with E-state index >= 15 is 0 Å². The lowest BCUT2D eigenvalue weighted by Gasteiger charge is -2.22. The van der Waals surface area contributed by atoms with Gasteiger partial charge in [-0.3, -0.25) is 4.79 Å². The SMILES string of the molecule is Cc1cc(C)cc(N(CCC#N)C(=O)COC(=O)c2ccc(Cl)c(S(N)(=O)=O)c2)c1. The van der Waals surface area contributed by atoms with Crippen LogP contribution in [-0.4, -0.2) is 33.4 Å². The number of sulfonamides is 1. The van der Waals surface area contributed by atoms with Crippen molar-refractivity contribution >= 4 is 39.2 Å². The minimum Gasteiger partial charge on any atom is -0.452 e. The Hall–Kier alpha value is -2.93. The van der Waals surface area contributed by atoms with Crippen LogP contribution in [0.5, 0.6) is 0 Å². The number of benzene rings is 2. The third-order valence-corrected chi connectivity index (χ3v) is 5.46. The summed E-state index contributed by atoms with van der Waals surface area (Å²) in [5, 5.41) is 13.8. The largest absolute Gasteiger partial charge is 0.452 e. The first-order valence-electron chi connectivity index (χ1n) is 8.78. The number of carbonyl (C=O) groups excluding carboxylic acids is 2. The molecule has 2 rings (SSSR count). The molecule has 0 aromatic heterocycles. The summed E-state index contributed by atoms with van der Waals surface area (Å²) in [6, 6.07) is 11.0. The van der Waals surface area contributed by atoms with E-state index in [9.17, 15) is 18.0 Å². The molecule has 0 radical (unpaired) electrons. The molecule has 0 aliphatic carbocycles. The Bertz CT molecular complexity index is 1110. The summed E-state index contributed by atoms with van der Waals surface area (Å²) in [6.07, 6.45) is 0.0988. The van der Waals surface area contributed by atoms with Crippen molar-refractivity contribution in [1.82, 2.24) is 0 Å². The van der Waals surface area contributed by atoms with Crippen molar-refractivity contribution in [3.8, 4) is 6.07 Å². The lowest BCUT2D eigenvalue weighted by atomic mass is 10.1. The van der Waals surface area contributed by atoms with Crippen LogP contribution in [0.1, 0.15) is 27.9 Å². The van der Waals surface area contributed by atoms with Crippen molar-refractivity contribution in [2.75, 3.05) is 18.1 Å². The summed E-state index contributed by atoms with van der Waals surface area (Å²) in [7, 11) is -4.13. The number of esters is 1. The molecule has 8 nitrogen and oxygen atoms in total. The van der Waals surface area contributed by atoms with Gasteiger partial charge in [-0.05, 0) is 55.3 Å². The fraction of sp³-hybridized carbons (Fsp3) is 0.250. The summed E-state index contributed by atoms with van der Waals surface area (Å²) >= 11 is 5.80. The van der Waals surface area contributed by atoms with E-state index in [1.807, 2.05) is 26.0 Å². The van der Waals surface area contributed by atoms with Gasteiger partial charge in [0.15, 0.2) is 6.61 Å². The van der Waals surface area contributed by atoms with Crippen molar-refractivity contribution in [1.29, 1.82) is 5.26 Å². The van der Waals surface area contributed by atoms with Crippen LogP contribution in [0.2, 0.25) is 5.02 Å². The van der Waals surface area contributed by atoms with Crippen molar-refractivity contribution in [2.45, 2.75) is 25.2 Å². The average Bonchev–Trinajstić information content (AvgIpc) is 2.65. The molecule has 0 fully saturated rings. The summed E-state index contributed by atoms with van der Waals surface area (Å²) in [4.78, 5) is 25.9. The molecule has 0 bridgehead atoms. The minimum atomic E-state index is -4.13. The molecule has 0 aliphatic rings. The molecule has 158 valence electrons. The highest BCUT2D eigenvalue weighted by molar-refractivity contribution is 7.89. The summed E-state index contributed by atoms with van der Waals surface area (Å²) in [6.45, 7) is 3.30. The smallest absolute Gasteiger partial charge is 0.338 e. The van der Waals surface area contributed by atoms with Crippen LogP contribution in [0.25, 0.3) is 0 Å². The van der Waals surface area contributed by atoms with Crippen molar-refractivity contribution in [3.05, 3.63) is 58.1 Å². The van der Waals surface area contributed by atoms with E-state index in [0.717, 1.165) is 17.2 Å². The van der Waals surface area contributed by atoms with Crippen molar-refractivity contribution < 1.29 is 22.7 Å². The Balaban J connectivity index is 2.19. The second kappa shape index (κ2) is 9.71. The van der Waals surface area contributed by atoms with Crippen molar-refractivity contribution in [2.24, 2.45) is 5.14 Å². The molecule has 0 heterocycles. The first kappa shape index (κ1) is 23.3. The lowest BCUT2D eigenvalue weighted by Crippen LogP contribution is -2.35. The Labute approximate surface area is 179 Å². The Kier molecular flexibility index (Phi) is 7.56. The number of hydrogen-bond acceptors (Lipinski definition) is 6. The number of hydrogen-bond donors (Lipinski definition) is 1. The number of ether oxygens (including phenoxy) is 1. The molecule has 2 aromatic carbocycles. The number of nitriles is 1. The maximum atomic E-state index is 12.7. The highest BCUT2D eigenvalue weighted by Gasteiger charge is 2.21. The van der Waals surface area contributed by atoms with Gasteiger partial charge in [0.25, 0.3) is 5.91 Å². The third kappa shape index (κ3) is 6.03. The summed E-state index contributed by atoms with van der Waals surface area (Å²) < 4.78 is 28.1. The quantitative estimate of drug-likeness (QED) is 0.646. The van der Waals surface area contributed by atoms with E-state index < -0.39 is 33.4 Å². The maximum absolute atomic E-state index is 12.7. The first-order valence-corrected chi connectivity index (χ1v) is 10.7. The van der Waals surface area contributed by atoms with Crippen LogP contribution >= 0.6 is 11.6 Å². The van der Waals surface area contributed by atoms with Gasteiger partial charge in [0.1, 0.15) is 4.90 Å². The van der Waals surface area contributed by atoms with Crippen LogP contribution in [0.4, 0.5) is 5.69 Å². The van der Waals surface area contributed by atoms with Gasteiger partial charge in [-0.15, -0.1) is 0 Å². The molecule has 0 atom stereocenters. The van der Waals surface area contributed by atoms with E-state index in [1.165, 1.54) is 17.0 Å². The van der Waals surface area contributed by atoms with Gasteiger partial charge < -0.3 is 9.64 Å². The molecule has 2 aromatic rings. The van der Waals surface area contributed by atoms with Crippen molar-refractivity contribution in [3.63, 3.8) is 0 Å². The zero-order valence-corrected chi connectivity index (χ0v) is 18.0. The number of primary sulfonamides is 1. The number of aryl methyl sites for hydroxylation is 2. The van der Waals surface area contributed by atoms with E-state index in [0.29, 0.717) is 5.69 Å². The molecule has 0 spiro atoms. The standard InChI is InChI=1S/C20H20ClN3O5S/c1-13-8-14(2)10-16(9-13)24(7-3-6-22)19(25)12-29-20(26)15-4-5-17(21)18(11-15)30(23,27)28/h4-5,8-11H,3,7,12H2,1-2H3,(H2,23,27,28). The van der Waals surface area contributed by atoms with E-state index in [4.69, 9.17) is 26.7 Å². The van der Waals surface area contributed by atoms with Gasteiger partial charge in [0.2, 0.25) is 10.0 Å². The zero-order valence-electron chi connectivity index (χ0n) is 16.4. The molecule has 0 saturated carbocycles. The van der Waals surface area contributed by atoms with E-state index in [-0.39, 0.29) is 23.6 Å². The number of rotatable bonds is 7. The molecule has 30 heavy (non-hydrogen) atoms. The van der Waals surface area contributed by atoms with Gasteiger partial charge in [-0.1, -0.05) is 17.7 Å². The number of amides is 1. The van der Waals surface area contributed by atoms with E-state index in [1.54, 1.807) is 12.1 Å². The lowest BCUT2D eigenvalue weighted by molar-refractivity contribution is -0.121. The summed E-state index contributed by atoms with van der Waals surface area (Å²) in [5.41, 5.74) is 2.35. The molecule has 1 amide bonds. The molecule has 0 aliphatic heterocycles. The second-order valence-corrected chi connectivity index (χ2v) is 8.50. The fourth-order valence-electron chi connectivity index (χ4n) is 2.80.